The smallest absolute Gasteiger partial charge is 0.0420 e. The van der Waals surface area contributed by atoms with Crippen molar-refractivity contribution in [2.24, 2.45) is 0 Å². The Morgan fingerprint density at radius 3 is 2.42 bits per heavy atom. The molecule has 0 aliphatic heterocycles. The summed E-state index contributed by atoms with van der Waals surface area (Å²) in [4.78, 5) is 1.49. The highest BCUT2D eigenvalue weighted by Crippen LogP contribution is 2.27. The molecule has 1 aromatic carbocycles. The van der Waals surface area contributed by atoms with Gasteiger partial charge < -0.3 is 5.32 Å². The Balaban J connectivity index is 2.01. The molecule has 1 atom stereocenters. The first-order valence-corrected chi connectivity index (χ1v) is 7.91. The molecule has 0 fully saturated rings. The molecule has 0 aliphatic carbocycles. The second-order valence-electron chi connectivity index (χ2n) is 5.10. The first-order valence-electron chi connectivity index (χ1n) is 7.03. The number of thiophene rings is 1. The number of nitrogens with one attached hydrogen (secondary N) is 1. The first kappa shape index (κ1) is 14.3. The zero-order valence-electron chi connectivity index (χ0n) is 12.1. The van der Waals surface area contributed by atoms with Gasteiger partial charge in [0.1, 0.15) is 0 Å². The number of rotatable bonds is 6. The molecule has 1 heterocycles. The standard InChI is InChI=1S/C17H23NS/c1-4-18-16(17-14(3)11-12-19-17)10-9-15-7-5-13(2)6-8-15/h5-8,11-12,16,18H,4,9-10H2,1-3H3. The van der Waals surface area contributed by atoms with Crippen LogP contribution in [0.2, 0.25) is 0 Å². The summed E-state index contributed by atoms with van der Waals surface area (Å²) >= 11 is 1.87. The Hall–Kier alpha value is -1.12. The van der Waals surface area contributed by atoms with E-state index in [-0.39, 0.29) is 0 Å². The average Bonchev–Trinajstić information content (AvgIpc) is 2.83. The van der Waals surface area contributed by atoms with Crippen molar-refractivity contribution in [3.63, 3.8) is 0 Å². The van der Waals surface area contributed by atoms with E-state index in [2.05, 4.69) is 61.8 Å². The average molecular weight is 273 g/mol. The summed E-state index contributed by atoms with van der Waals surface area (Å²) < 4.78 is 0. The molecule has 0 bridgehead atoms. The van der Waals surface area contributed by atoms with Crippen molar-refractivity contribution in [1.82, 2.24) is 5.32 Å². The van der Waals surface area contributed by atoms with E-state index >= 15 is 0 Å². The van der Waals surface area contributed by atoms with Crippen LogP contribution in [-0.4, -0.2) is 6.54 Å². The van der Waals surface area contributed by atoms with E-state index in [4.69, 9.17) is 0 Å². The molecule has 2 rings (SSSR count). The predicted molar refractivity (Wildman–Crippen MR) is 85.0 cm³/mol. The highest BCUT2D eigenvalue weighted by Gasteiger charge is 2.13. The lowest BCUT2D eigenvalue weighted by molar-refractivity contribution is 0.521. The van der Waals surface area contributed by atoms with Crippen LogP contribution in [0.25, 0.3) is 0 Å². The summed E-state index contributed by atoms with van der Waals surface area (Å²) in [5.74, 6) is 0. The summed E-state index contributed by atoms with van der Waals surface area (Å²) in [5.41, 5.74) is 4.18. The molecular weight excluding hydrogens is 250 g/mol. The molecule has 0 saturated carbocycles. The molecule has 0 radical (unpaired) electrons. The van der Waals surface area contributed by atoms with Crippen molar-refractivity contribution in [3.8, 4) is 0 Å². The molecule has 0 aliphatic rings. The van der Waals surface area contributed by atoms with Crippen LogP contribution in [0.15, 0.2) is 35.7 Å². The Kier molecular flexibility index (Phi) is 5.17. The van der Waals surface area contributed by atoms with E-state index in [1.807, 2.05) is 11.3 Å². The fourth-order valence-corrected chi connectivity index (χ4v) is 3.42. The third-order valence-corrected chi connectivity index (χ3v) is 4.64. The molecule has 2 aromatic rings. The van der Waals surface area contributed by atoms with Crippen molar-refractivity contribution in [2.45, 2.75) is 39.7 Å². The van der Waals surface area contributed by atoms with Crippen molar-refractivity contribution < 1.29 is 0 Å². The fraction of sp³-hybridized carbons (Fsp3) is 0.412. The molecule has 2 heteroatoms. The quantitative estimate of drug-likeness (QED) is 0.808. The van der Waals surface area contributed by atoms with Crippen LogP contribution in [0.4, 0.5) is 0 Å². The first-order chi connectivity index (χ1) is 9.20. The molecule has 0 saturated heterocycles. The van der Waals surface area contributed by atoms with E-state index in [1.54, 1.807) is 0 Å². The van der Waals surface area contributed by atoms with Gasteiger partial charge in [-0.05, 0) is 55.8 Å². The topological polar surface area (TPSA) is 12.0 Å². The molecular formula is C17H23NS. The van der Waals surface area contributed by atoms with Crippen LogP contribution in [0.5, 0.6) is 0 Å². The third-order valence-electron chi connectivity index (χ3n) is 3.51. The maximum absolute atomic E-state index is 3.62. The fourth-order valence-electron chi connectivity index (χ4n) is 2.38. The molecule has 19 heavy (non-hydrogen) atoms. The van der Waals surface area contributed by atoms with Gasteiger partial charge in [-0.25, -0.2) is 0 Å². The van der Waals surface area contributed by atoms with Gasteiger partial charge in [0.15, 0.2) is 0 Å². The molecule has 1 nitrogen and oxygen atoms in total. The van der Waals surface area contributed by atoms with Crippen LogP contribution in [-0.2, 0) is 6.42 Å². The van der Waals surface area contributed by atoms with Crippen LogP contribution >= 0.6 is 11.3 Å². The Morgan fingerprint density at radius 2 is 1.84 bits per heavy atom. The summed E-state index contributed by atoms with van der Waals surface area (Å²) in [6.07, 6.45) is 2.30. The number of benzene rings is 1. The molecule has 0 spiro atoms. The normalized spacial score (nSPS) is 12.6. The Labute approximate surface area is 120 Å². The summed E-state index contributed by atoms with van der Waals surface area (Å²) in [7, 11) is 0. The van der Waals surface area contributed by atoms with Crippen LogP contribution in [0.3, 0.4) is 0 Å². The van der Waals surface area contributed by atoms with E-state index < -0.39 is 0 Å². The largest absolute Gasteiger partial charge is 0.310 e. The molecule has 102 valence electrons. The SMILES string of the molecule is CCNC(CCc1ccc(C)cc1)c1sccc1C. The predicted octanol–water partition coefficient (Wildman–Crippen LogP) is 4.65. The maximum Gasteiger partial charge on any atom is 0.0420 e. The maximum atomic E-state index is 3.62. The second kappa shape index (κ2) is 6.88. The minimum Gasteiger partial charge on any atom is -0.310 e. The number of aryl methyl sites for hydroxylation is 3. The molecule has 1 N–H and O–H groups in total. The van der Waals surface area contributed by atoms with E-state index in [1.165, 1.54) is 21.6 Å². The molecule has 1 unspecified atom stereocenters. The van der Waals surface area contributed by atoms with Gasteiger partial charge >= 0.3 is 0 Å². The van der Waals surface area contributed by atoms with Gasteiger partial charge in [-0.1, -0.05) is 36.8 Å². The van der Waals surface area contributed by atoms with Crippen molar-refractivity contribution in [2.75, 3.05) is 6.54 Å². The van der Waals surface area contributed by atoms with E-state index in [0.29, 0.717) is 6.04 Å². The third kappa shape index (κ3) is 3.92. The lowest BCUT2D eigenvalue weighted by atomic mass is 10.0. The highest BCUT2D eigenvalue weighted by atomic mass is 32.1. The van der Waals surface area contributed by atoms with Gasteiger partial charge in [-0.15, -0.1) is 11.3 Å². The highest BCUT2D eigenvalue weighted by molar-refractivity contribution is 7.10. The monoisotopic (exact) mass is 273 g/mol. The lowest BCUT2D eigenvalue weighted by Crippen LogP contribution is -2.21. The van der Waals surface area contributed by atoms with Crippen molar-refractivity contribution >= 4 is 11.3 Å². The van der Waals surface area contributed by atoms with Gasteiger partial charge in [0.25, 0.3) is 0 Å². The van der Waals surface area contributed by atoms with Gasteiger partial charge in [0.05, 0.1) is 0 Å². The van der Waals surface area contributed by atoms with Gasteiger partial charge in [-0.3, -0.25) is 0 Å². The Bertz CT molecular complexity index is 498. The number of hydrogen-bond acceptors (Lipinski definition) is 2. The van der Waals surface area contributed by atoms with Crippen LogP contribution in [0.1, 0.15) is 41.0 Å². The Morgan fingerprint density at radius 1 is 1.11 bits per heavy atom. The van der Waals surface area contributed by atoms with Crippen LogP contribution in [0, 0.1) is 13.8 Å². The summed E-state index contributed by atoms with van der Waals surface area (Å²) in [5, 5.41) is 5.81. The minimum atomic E-state index is 0.492. The zero-order chi connectivity index (χ0) is 13.7. The minimum absolute atomic E-state index is 0.492. The van der Waals surface area contributed by atoms with E-state index in [9.17, 15) is 0 Å². The zero-order valence-corrected chi connectivity index (χ0v) is 12.9. The van der Waals surface area contributed by atoms with Crippen LogP contribution < -0.4 is 5.32 Å². The van der Waals surface area contributed by atoms with Crippen molar-refractivity contribution in [1.29, 1.82) is 0 Å². The summed E-state index contributed by atoms with van der Waals surface area (Å²) in [6.45, 7) is 7.56. The second-order valence-corrected chi connectivity index (χ2v) is 6.05. The molecule has 1 aromatic heterocycles. The summed E-state index contributed by atoms with van der Waals surface area (Å²) in [6, 6.07) is 11.6. The number of hydrogen-bond donors (Lipinski definition) is 1. The van der Waals surface area contributed by atoms with Gasteiger partial charge in [0, 0.05) is 10.9 Å². The van der Waals surface area contributed by atoms with Gasteiger partial charge in [0.2, 0.25) is 0 Å². The van der Waals surface area contributed by atoms with E-state index in [0.717, 1.165) is 19.4 Å². The van der Waals surface area contributed by atoms with Crippen molar-refractivity contribution in [3.05, 3.63) is 57.3 Å². The van der Waals surface area contributed by atoms with Gasteiger partial charge in [-0.2, -0.15) is 0 Å². The molecule has 0 amide bonds. The lowest BCUT2D eigenvalue weighted by Gasteiger charge is -2.17.